The zero-order valence-corrected chi connectivity index (χ0v) is 11.6. The highest BCUT2D eigenvalue weighted by molar-refractivity contribution is 5.88. The highest BCUT2D eigenvalue weighted by atomic mass is 16.5. The first-order chi connectivity index (χ1) is 9.58. The van der Waals surface area contributed by atoms with Gasteiger partial charge in [-0.2, -0.15) is 0 Å². The molecule has 1 saturated heterocycles. The van der Waals surface area contributed by atoms with Gasteiger partial charge in [0.1, 0.15) is 6.04 Å². The Balaban J connectivity index is 2.02. The van der Waals surface area contributed by atoms with E-state index in [4.69, 9.17) is 10.5 Å². The topological polar surface area (TPSA) is 81.4 Å². The lowest BCUT2D eigenvalue weighted by atomic mass is 10.00. The SMILES string of the molecule is Cc1ccccc1C[C@@H](NC(=O)[C@@H]1CCOC1)C(N)=O. The molecule has 3 N–H and O–H groups in total. The normalized spacial score (nSPS) is 19.6. The predicted octanol–water partition coefficient (Wildman–Crippen LogP) is 0.544. The van der Waals surface area contributed by atoms with Crippen molar-refractivity contribution in [2.75, 3.05) is 13.2 Å². The number of carbonyl (C=O) groups is 2. The molecule has 0 saturated carbocycles. The Bertz CT molecular complexity index is 496. The molecule has 1 fully saturated rings. The number of rotatable bonds is 5. The lowest BCUT2D eigenvalue weighted by molar-refractivity contribution is -0.129. The van der Waals surface area contributed by atoms with E-state index in [0.717, 1.165) is 11.1 Å². The van der Waals surface area contributed by atoms with Gasteiger partial charge >= 0.3 is 0 Å². The summed E-state index contributed by atoms with van der Waals surface area (Å²) in [5.74, 6) is -0.839. The van der Waals surface area contributed by atoms with Crippen LogP contribution in [-0.4, -0.2) is 31.1 Å². The third-order valence-electron chi connectivity index (χ3n) is 3.65. The van der Waals surface area contributed by atoms with Crippen molar-refractivity contribution in [1.29, 1.82) is 0 Å². The monoisotopic (exact) mass is 276 g/mol. The molecule has 108 valence electrons. The Morgan fingerprint density at radius 2 is 2.20 bits per heavy atom. The fourth-order valence-corrected chi connectivity index (χ4v) is 2.31. The number of ether oxygens (including phenoxy) is 1. The molecule has 20 heavy (non-hydrogen) atoms. The minimum atomic E-state index is -0.677. The maximum Gasteiger partial charge on any atom is 0.240 e. The van der Waals surface area contributed by atoms with Crippen LogP contribution < -0.4 is 11.1 Å². The van der Waals surface area contributed by atoms with Crippen LogP contribution in [0.25, 0.3) is 0 Å². The van der Waals surface area contributed by atoms with Crippen LogP contribution in [0, 0.1) is 12.8 Å². The number of nitrogens with two attached hydrogens (primary N) is 1. The van der Waals surface area contributed by atoms with E-state index in [9.17, 15) is 9.59 Å². The molecule has 0 spiro atoms. The fourth-order valence-electron chi connectivity index (χ4n) is 2.31. The summed E-state index contributed by atoms with van der Waals surface area (Å²) in [6.45, 7) is 2.98. The second kappa shape index (κ2) is 6.52. The van der Waals surface area contributed by atoms with Crippen LogP contribution in [0.2, 0.25) is 0 Å². The van der Waals surface area contributed by atoms with Gasteiger partial charge in [0.15, 0.2) is 0 Å². The molecule has 2 rings (SSSR count). The molecule has 2 amide bonds. The van der Waals surface area contributed by atoms with Gasteiger partial charge in [-0.05, 0) is 24.5 Å². The van der Waals surface area contributed by atoms with E-state index in [1.807, 2.05) is 31.2 Å². The lowest BCUT2D eigenvalue weighted by Gasteiger charge is -2.18. The van der Waals surface area contributed by atoms with Crippen molar-refractivity contribution < 1.29 is 14.3 Å². The molecule has 1 aliphatic heterocycles. The van der Waals surface area contributed by atoms with Crippen LogP contribution >= 0.6 is 0 Å². The van der Waals surface area contributed by atoms with Gasteiger partial charge in [0, 0.05) is 13.0 Å². The molecule has 0 bridgehead atoms. The molecule has 0 radical (unpaired) electrons. The van der Waals surface area contributed by atoms with Gasteiger partial charge in [0.05, 0.1) is 12.5 Å². The Hall–Kier alpha value is -1.88. The quantitative estimate of drug-likeness (QED) is 0.823. The highest BCUT2D eigenvalue weighted by Crippen LogP contribution is 2.14. The number of amides is 2. The van der Waals surface area contributed by atoms with Gasteiger partial charge in [-0.3, -0.25) is 9.59 Å². The van der Waals surface area contributed by atoms with Crippen LogP contribution in [0.3, 0.4) is 0 Å². The zero-order chi connectivity index (χ0) is 14.5. The summed E-state index contributed by atoms with van der Waals surface area (Å²) < 4.78 is 5.18. The first-order valence-corrected chi connectivity index (χ1v) is 6.80. The molecular formula is C15H20N2O3. The van der Waals surface area contributed by atoms with Crippen molar-refractivity contribution in [1.82, 2.24) is 5.32 Å². The molecule has 0 unspecified atom stereocenters. The van der Waals surface area contributed by atoms with Crippen molar-refractivity contribution >= 4 is 11.8 Å². The van der Waals surface area contributed by atoms with E-state index < -0.39 is 11.9 Å². The fraction of sp³-hybridized carbons (Fsp3) is 0.467. The second-order valence-electron chi connectivity index (χ2n) is 5.15. The van der Waals surface area contributed by atoms with Gasteiger partial charge in [0.2, 0.25) is 11.8 Å². The molecule has 1 heterocycles. The largest absolute Gasteiger partial charge is 0.381 e. The summed E-state index contributed by atoms with van der Waals surface area (Å²) >= 11 is 0. The summed E-state index contributed by atoms with van der Waals surface area (Å²) in [6, 6.07) is 7.08. The molecule has 1 aromatic carbocycles. The summed E-state index contributed by atoms with van der Waals surface area (Å²) in [7, 11) is 0. The van der Waals surface area contributed by atoms with Crippen molar-refractivity contribution in [2.45, 2.75) is 25.8 Å². The van der Waals surface area contributed by atoms with Crippen LogP contribution in [0.1, 0.15) is 17.5 Å². The third kappa shape index (κ3) is 3.57. The van der Waals surface area contributed by atoms with Crippen LogP contribution in [-0.2, 0) is 20.7 Å². The molecule has 2 atom stereocenters. The Morgan fingerprint density at radius 1 is 1.45 bits per heavy atom. The maximum atomic E-state index is 12.0. The number of hydrogen-bond donors (Lipinski definition) is 2. The Morgan fingerprint density at radius 3 is 2.80 bits per heavy atom. The number of benzene rings is 1. The molecule has 1 aromatic rings. The number of aryl methyl sites for hydroxylation is 1. The molecule has 0 aromatic heterocycles. The van der Waals surface area contributed by atoms with Crippen molar-refractivity contribution in [3.8, 4) is 0 Å². The van der Waals surface area contributed by atoms with Crippen LogP contribution in [0.5, 0.6) is 0 Å². The zero-order valence-electron chi connectivity index (χ0n) is 11.6. The lowest BCUT2D eigenvalue weighted by Crippen LogP contribution is -2.48. The van der Waals surface area contributed by atoms with Crippen LogP contribution in [0.4, 0.5) is 0 Å². The summed E-state index contributed by atoms with van der Waals surface area (Å²) in [5, 5.41) is 2.74. The number of primary amides is 1. The number of hydrogen-bond acceptors (Lipinski definition) is 3. The van der Waals surface area contributed by atoms with E-state index in [-0.39, 0.29) is 11.8 Å². The highest BCUT2D eigenvalue weighted by Gasteiger charge is 2.27. The van der Waals surface area contributed by atoms with E-state index in [0.29, 0.717) is 26.1 Å². The predicted molar refractivity (Wildman–Crippen MR) is 74.9 cm³/mol. The van der Waals surface area contributed by atoms with Crippen molar-refractivity contribution in [3.63, 3.8) is 0 Å². The second-order valence-corrected chi connectivity index (χ2v) is 5.15. The number of carbonyl (C=O) groups excluding carboxylic acids is 2. The molecule has 0 aliphatic carbocycles. The molecule has 1 aliphatic rings. The average Bonchev–Trinajstić information content (AvgIpc) is 2.94. The minimum absolute atomic E-state index is 0.153. The Kier molecular flexibility index (Phi) is 4.74. The van der Waals surface area contributed by atoms with Gasteiger partial charge in [-0.25, -0.2) is 0 Å². The van der Waals surface area contributed by atoms with Crippen molar-refractivity contribution in [2.24, 2.45) is 11.7 Å². The van der Waals surface area contributed by atoms with E-state index >= 15 is 0 Å². The summed E-state index contributed by atoms with van der Waals surface area (Å²) in [6.07, 6.45) is 1.11. The number of nitrogens with one attached hydrogen (secondary N) is 1. The van der Waals surface area contributed by atoms with Gasteiger partial charge in [-0.15, -0.1) is 0 Å². The van der Waals surface area contributed by atoms with Crippen LogP contribution in [0.15, 0.2) is 24.3 Å². The van der Waals surface area contributed by atoms with E-state index in [1.54, 1.807) is 0 Å². The van der Waals surface area contributed by atoms with E-state index in [1.165, 1.54) is 0 Å². The first kappa shape index (κ1) is 14.5. The first-order valence-electron chi connectivity index (χ1n) is 6.80. The molecular weight excluding hydrogens is 256 g/mol. The third-order valence-corrected chi connectivity index (χ3v) is 3.65. The summed E-state index contributed by atoms with van der Waals surface area (Å²) in [5.41, 5.74) is 7.49. The van der Waals surface area contributed by atoms with Gasteiger partial charge < -0.3 is 15.8 Å². The molecule has 5 heteroatoms. The summed E-state index contributed by atoms with van der Waals surface area (Å²) in [4.78, 5) is 23.6. The standard InChI is InChI=1S/C15H20N2O3/c1-10-4-2-3-5-11(10)8-13(14(16)18)17-15(19)12-6-7-20-9-12/h2-5,12-13H,6-9H2,1H3,(H2,16,18)(H,17,19)/t12-,13-/m1/s1. The van der Waals surface area contributed by atoms with Gasteiger partial charge in [-0.1, -0.05) is 24.3 Å². The smallest absolute Gasteiger partial charge is 0.240 e. The Labute approximate surface area is 118 Å². The van der Waals surface area contributed by atoms with Crippen molar-refractivity contribution in [3.05, 3.63) is 35.4 Å². The maximum absolute atomic E-state index is 12.0. The van der Waals surface area contributed by atoms with E-state index in [2.05, 4.69) is 5.32 Å². The molecule has 5 nitrogen and oxygen atoms in total. The van der Waals surface area contributed by atoms with Gasteiger partial charge in [0.25, 0.3) is 0 Å². The average molecular weight is 276 g/mol. The minimum Gasteiger partial charge on any atom is -0.381 e.